The summed E-state index contributed by atoms with van der Waals surface area (Å²) >= 11 is 1.82. The number of carbonyl (C=O) groups is 1. The number of thioether (sulfide) groups is 1. The molecule has 0 fully saturated rings. The smallest absolute Gasteiger partial charge is 0.262 e. The highest BCUT2D eigenvalue weighted by Crippen LogP contribution is 2.42. The fourth-order valence-corrected chi connectivity index (χ4v) is 4.40. The Morgan fingerprint density at radius 2 is 1.88 bits per heavy atom. The number of aromatic nitrogens is 3. The van der Waals surface area contributed by atoms with Crippen molar-refractivity contribution in [3.05, 3.63) is 66.1 Å². The lowest BCUT2D eigenvalue weighted by molar-refractivity contribution is 0.0976. The normalized spacial score (nSPS) is 19.3. The zero-order valence-corrected chi connectivity index (χ0v) is 15.8. The lowest BCUT2D eigenvalue weighted by atomic mass is 10.1. The van der Waals surface area contributed by atoms with Crippen molar-refractivity contribution in [3.63, 3.8) is 0 Å². The molecular formula is C20H20N4OS. The first-order valence-electron chi connectivity index (χ1n) is 8.63. The van der Waals surface area contributed by atoms with Crippen molar-refractivity contribution >= 4 is 23.4 Å². The van der Waals surface area contributed by atoms with Gasteiger partial charge in [0, 0.05) is 22.4 Å². The highest BCUT2D eigenvalue weighted by atomic mass is 32.2. The van der Waals surface area contributed by atoms with Crippen molar-refractivity contribution < 1.29 is 4.79 Å². The van der Waals surface area contributed by atoms with Gasteiger partial charge in [0.1, 0.15) is 0 Å². The van der Waals surface area contributed by atoms with Crippen molar-refractivity contribution in [1.29, 1.82) is 0 Å². The maximum Gasteiger partial charge on any atom is 0.262 e. The van der Waals surface area contributed by atoms with Gasteiger partial charge in [0.25, 0.3) is 5.91 Å². The van der Waals surface area contributed by atoms with Gasteiger partial charge in [-0.2, -0.15) is 5.10 Å². The molecule has 0 saturated carbocycles. The Morgan fingerprint density at radius 1 is 1.12 bits per heavy atom. The highest BCUT2D eigenvalue weighted by Gasteiger charge is 2.35. The van der Waals surface area contributed by atoms with Gasteiger partial charge in [0.05, 0.1) is 23.1 Å². The van der Waals surface area contributed by atoms with Gasteiger partial charge in [0.15, 0.2) is 5.82 Å². The van der Waals surface area contributed by atoms with E-state index in [0.29, 0.717) is 16.6 Å². The monoisotopic (exact) mass is 364 g/mol. The van der Waals surface area contributed by atoms with Crippen LogP contribution in [0.4, 0.5) is 5.69 Å². The Morgan fingerprint density at radius 3 is 2.65 bits per heavy atom. The summed E-state index contributed by atoms with van der Waals surface area (Å²) in [5.74, 6) is 0.692. The van der Waals surface area contributed by atoms with E-state index in [2.05, 4.69) is 30.0 Å². The van der Waals surface area contributed by atoms with Crippen LogP contribution in [0.5, 0.6) is 0 Å². The fourth-order valence-electron chi connectivity index (χ4n) is 3.24. The average Bonchev–Trinajstić information content (AvgIpc) is 3.04. The Balaban J connectivity index is 1.76. The molecule has 0 radical (unpaired) electrons. The third-order valence-corrected chi connectivity index (χ3v) is 6.21. The summed E-state index contributed by atoms with van der Waals surface area (Å²) in [5.41, 5.74) is 2.37. The lowest BCUT2D eigenvalue weighted by Gasteiger charge is -2.38. The van der Waals surface area contributed by atoms with E-state index in [1.165, 1.54) is 0 Å². The lowest BCUT2D eigenvalue weighted by Crippen LogP contribution is -2.46. The molecule has 1 aliphatic rings. The molecule has 1 aromatic carbocycles. The fraction of sp³-hybridized carbons (Fsp3) is 0.250. The third kappa shape index (κ3) is 2.70. The predicted octanol–water partition coefficient (Wildman–Crippen LogP) is 4.11. The quantitative estimate of drug-likeness (QED) is 0.687. The summed E-state index contributed by atoms with van der Waals surface area (Å²) in [4.78, 5) is 20.8. The average molecular weight is 364 g/mol. The van der Waals surface area contributed by atoms with Crippen molar-refractivity contribution in [2.24, 2.45) is 0 Å². The molecule has 0 bridgehead atoms. The molecule has 0 aliphatic carbocycles. The van der Waals surface area contributed by atoms with Crippen LogP contribution < -0.4 is 4.90 Å². The molecule has 26 heavy (non-hydrogen) atoms. The van der Waals surface area contributed by atoms with Gasteiger partial charge >= 0.3 is 0 Å². The minimum absolute atomic E-state index is 0.0169. The van der Waals surface area contributed by atoms with Crippen molar-refractivity contribution in [2.45, 2.75) is 37.0 Å². The summed E-state index contributed by atoms with van der Waals surface area (Å²) in [6, 6.07) is 13.8. The Bertz CT molecular complexity index is 953. The van der Waals surface area contributed by atoms with Crippen LogP contribution >= 0.6 is 11.8 Å². The van der Waals surface area contributed by atoms with Crippen LogP contribution in [-0.2, 0) is 0 Å². The number of hydrogen-bond donors (Lipinski definition) is 0. The molecule has 0 saturated heterocycles. The van der Waals surface area contributed by atoms with Crippen LogP contribution in [-0.4, -0.2) is 32.0 Å². The number of para-hydroxylation sites is 1. The van der Waals surface area contributed by atoms with E-state index in [-0.39, 0.29) is 11.9 Å². The van der Waals surface area contributed by atoms with Gasteiger partial charge in [-0.25, -0.2) is 9.67 Å². The molecule has 3 heterocycles. The van der Waals surface area contributed by atoms with Crippen LogP contribution in [0.15, 0.2) is 59.8 Å². The minimum atomic E-state index is -0.0169. The van der Waals surface area contributed by atoms with Gasteiger partial charge in [-0.1, -0.05) is 25.1 Å². The predicted molar refractivity (Wildman–Crippen MR) is 104 cm³/mol. The van der Waals surface area contributed by atoms with E-state index >= 15 is 0 Å². The van der Waals surface area contributed by atoms with Crippen LogP contribution in [0.1, 0.15) is 29.9 Å². The number of carbonyl (C=O) groups excluding carboxylic acids is 1. The Kier molecular flexibility index (Phi) is 4.28. The van der Waals surface area contributed by atoms with E-state index in [4.69, 9.17) is 0 Å². The molecule has 5 nitrogen and oxygen atoms in total. The maximum absolute atomic E-state index is 13.4. The number of rotatable bonds is 2. The second kappa shape index (κ2) is 6.61. The molecule has 2 aromatic heterocycles. The van der Waals surface area contributed by atoms with Crippen LogP contribution in [0.25, 0.3) is 5.82 Å². The number of benzene rings is 1. The summed E-state index contributed by atoms with van der Waals surface area (Å²) in [5, 5.41) is 4.72. The Labute approximate surface area is 157 Å². The number of nitrogens with zero attached hydrogens (tertiary/aromatic N) is 4. The van der Waals surface area contributed by atoms with Gasteiger partial charge in [-0.05, 0) is 38.1 Å². The molecule has 0 spiro atoms. The molecular weight excluding hydrogens is 344 g/mol. The molecule has 0 N–H and O–H groups in total. The van der Waals surface area contributed by atoms with E-state index < -0.39 is 0 Å². The van der Waals surface area contributed by atoms with E-state index in [1.807, 2.05) is 60.0 Å². The summed E-state index contributed by atoms with van der Waals surface area (Å²) < 4.78 is 1.71. The number of pyridine rings is 1. The number of fused-ring (bicyclic) bond motifs is 1. The Hall–Kier alpha value is -2.60. The van der Waals surface area contributed by atoms with E-state index in [0.717, 1.165) is 16.3 Å². The first kappa shape index (κ1) is 16.8. The van der Waals surface area contributed by atoms with Crippen molar-refractivity contribution in [3.8, 4) is 5.82 Å². The zero-order valence-electron chi connectivity index (χ0n) is 15.0. The second-order valence-electron chi connectivity index (χ2n) is 6.45. The highest BCUT2D eigenvalue weighted by molar-refractivity contribution is 8.00. The molecule has 0 unspecified atom stereocenters. The van der Waals surface area contributed by atoms with Gasteiger partial charge in [-0.15, -0.1) is 11.8 Å². The minimum Gasteiger partial charge on any atom is -0.303 e. The van der Waals surface area contributed by atoms with E-state index in [9.17, 15) is 4.79 Å². The van der Waals surface area contributed by atoms with Gasteiger partial charge in [0.2, 0.25) is 0 Å². The molecule has 1 aliphatic heterocycles. The number of hydrogen-bond acceptors (Lipinski definition) is 4. The molecule has 3 aromatic rings. The van der Waals surface area contributed by atoms with E-state index in [1.54, 1.807) is 17.1 Å². The molecule has 1 amide bonds. The summed E-state index contributed by atoms with van der Waals surface area (Å²) in [7, 11) is 0. The van der Waals surface area contributed by atoms with Gasteiger partial charge < -0.3 is 4.90 Å². The van der Waals surface area contributed by atoms with Crippen LogP contribution in [0.2, 0.25) is 0 Å². The molecule has 4 rings (SSSR count). The third-order valence-electron chi connectivity index (χ3n) is 4.85. The summed E-state index contributed by atoms with van der Waals surface area (Å²) in [6.07, 6.45) is 3.37. The standard InChI is InChI=1S/C20H20N4OS/c1-13-15(3)26-18-9-5-4-8-17(18)23(13)20(25)16-12-22-24(14(16)2)19-10-6-7-11-21-19/h4-13,15H,1-3H3/t13-,15+/m1/s1. The number of anilines is 1. The zero-order chi connectivity index (χ0) is 18.3. The first-order chi connectivity index (χ1) is 12.6. The second-order valence-corrected chi connectivity index (χ2v) is 7.87. The van der Waals surface area contributed by atoms with Crippen molar-refractivity contribution in [1.82, 2.24) is 14.8 Å². The SMILES string of the molecule is Cc1c(C(=O)N2c3ccccc3S[C@@H](C)[C@H]2C)cnn1-c1ccccn1. The van der Waals surface area contributed by atoms with Crippen LogP contribution in [0, 0.1) is 6.92 Å². The summed E-state index contributed by atoms with van der Waals surface area (Å²) in [6.45, 7) is 6.17. The molecule has 6 heteroatoms. The van der Waals surface area contributed by atoms with Crippen LogP contribution in [0.3, 0.4) is 0 Å². The van der Waals surface area contributed by atoms with Gasteiger partial charge in [-0.3, -0.25) is 4.79 Å². The topological polar surface area (TPSA) is 51.0 Å². The first-order valence-corrected chi connectivity index (χ1v) is 9.51. The van der Waals surface area contributed by atoms with Crippen molar-refractivity contribution in [2.75, 3.05) is 4.90 Å². The molecule has 2 atom stereocenters. The molecule has 132 valence electrons. The number of amides is 1. The largest absolute Gasteiger partial charge is 0.303 e. The maximum atomic E-state index is 13.4.